The summed E-state index contributed by atoms with van der Waals surface area (Å²) in [7, 11) is 0. The van der Waals surface area contributed by atoms with Gasteiger partial charge in [-0.15, -0.1) is 11.8 Å². The number of halogens is 2. The summed E-state index contributed by atoms with van der Waals surface area (Å²) < 4.78 is 22.2. The summed E-state index contributed by atoms with van der Waals surface area (Å²) in [6, 6.07) is 9.71. The van der Waals surface area contributed by atoms with Gasteiger partial charge >= 0.3 is 11.7 Å². The number of carboxylic acid groups (broad SMARTS) is 1. The van der Waals surface area contributed by atoms with Gasteiger partial charge in [0.15, 0.2) is 6.61 Å². The molecule has 146 valence electrons. The number of nitrogens with zero attached hydrogens (tertiary/aromatic N) is 3. The van der Waals surface area contributed by atoms with E-state index in [4.69, 9.17) is 9.84 Å². The van der Waals surface area contributed by atoms with Crippen LogP contribution in [0, 0.1) is 12.7 Å². The number of aromatic nitrogens is 3. The maximum absolute atomic E-state index is 14.1. The summed E-state index contributed by atoms with van der Waals surface area (Å²) in [5, 5.41) is 12.7. The van der Waals surface area contributed by atoms with Crippen molar-refractivity contribution in [1.82, 2.24) is 14.3 Å². The van der Waals surface area contributed by atoms with Crippen LogP contribution in [0.2, 0.25) is 0 Å². The van der Waals surface area contributed by atoms with Gasteiger partial charge in [-0.2, -0.15) is 5.10 Å². The summed E-state index contributed by atoms with van der Waals surface area (Å²) in [6.07, 6.45) is 1.28. The van der Waals surface area contributed by atoms with E-state index in [9.17, 15) is 14.0 Å². The lowest BCUT2D eigenvalue weighted by atomic mass is 10.2. The van der Waals surface area contributed by atoms with Gasteiger partial charge in [0.25, 0.3) is 0 Å². The molecule has 2 aromatic carbocycles. The third kappa shape index (κ3) is 4.63. The van der Waals surface area contributed by atoms with Crippen LogP contribution in [0.4, 0.5) is 4.39 Å². The Morgan fingerprint density at radius 1 is 1.32 bits per heavy atom. The minimum Gasteiger partial charge on any atom is -0.482 e. The first kappa shape index (κ1) is 20.2. The number of ether oxygens (including phenoxy) is 1. The first-order chi connectivity index (χ1) is 13.3. The number of aliphatic carboxylic acids is 1. The van der Waals surface area contributed by atoms with Crippen LogP contribution in [0.3, 0.4) is 0 Å². The molecule has 0 fully saturated rings. The molecule has 0 saturated carbocycles. The molecule has 0 aliphatic carbocycles. The highest BCUT2D eigenvalue weighted by Crippen LogP contribution is 2.26. The first-order valence-electron chi connectivity index (χ1n) is 8.03. The normalized spacial score (nSPS) is 10.8. The van der Waals surface area contributed by atoms with Gasteiger partial charge < -0.3 is 9.84 Å². The topological polar surface area (TPSA) is 86.4 Å². The zero-order chi connectivity index (χ0) is 20.3. The Labute approximate surface area is 171 Å². The number of carbonyl (C=O) groups is 1. The van der Waals surface area contributed by atoms with Gasteiger partial charge in [0.05, 0.1) is 11.6 Å². The van der Waals surface area contributed by atoms with Crippen LogP contribution in [0.1, 0.15) is 5.56 Å². The Morgan fingerprint density at radius 2 is 2.11 bits per heavy atom. The van der Waals surface area contributed by atoms with Gasteiger partial charge in [0, 0.05) is 9.37 Å². The number of rotatable bonds is 7. The highest BCUT2D eigenvalue weighted by molar-refractivity contribution is 9.10. The number of benzene rings is 2. The van der Waals surface area contributed by atoms with E-state index in [2.05, 4.69) is 21.0 Å². The van der Waals surface area contributed by atoms with Crippen LogP contribution in [-0.4, -0.2) is 32.0 Å². The van der Waals surface area contributed by atoms with E-state index in [0.717, 1.165) is 15.0 Å². The fraction of sp³-hybridized carbons (Fsp3) is 0.167. The lowest BCUT2D eigenvalue weighted by Crippen LogP contribution is -2.23. The summed E-state index contributed by atoms with van der Waals surface area (Å²) in [5.41, 5.74) is 0.452. The van der Waals surface area contributed by atoms with E-state index in [-0.39, 0.29) is 11.6 Å². The molecule has 0 radical (unpaired) electrons. The summed E-state index contributed by atoms with van der Waals surface area (Å²) in [5.74, 6) is -0.858. The zero-order valence-corrected chi connectivity index (χ0v) is 17.0. The fourth-order valence-electron chi connectivity index (χ4n) is 2.42. The quantitative estimate of drug-likeness (QED) is 0.535. The van der Waals surface area contributed by atoms with Crippen molar-refractivity contribution in [3.05, 3.63) is 69.1 Å². The lowest BCUT2D eigenvalue weighted by molar-refractivity contribution is -0.139. The predicted octanol–water partition coefficient (Wildman–Crippen LogP) is 3.46. The summed E-state index contributed by atoms with van der Waals surface area (Å²) in [6.45, 7) is 1.39. The largest absolute Gasteiger partial charge is 0.482 e. The predicted molar refractivity (Wildman–Crippen MR) is 106 cm³/mol. The molecule has 0 aliphatic rings. The zero-order valence-electron chi connectivity index (χ0n) is 14.6. The molecule has 0 aliphatic heterocycles. The average Bonchev–Trinajstić information content (AvgIpc) is 2.99. The Hall–Kier alpha value is -2.59. The molecule has 0 unspecified atom stereocenters. The maximum atomic E-state index is 14.1. The van der Waals surface area contributed by atoms with Gasteiger partial charge in [-0.1, -0.05) is 15.9 Å². The second-order valence-electron chi connectivity index (χ2n) is 5.76. The molecule has 3 aromatic rings. The first-order valence-corrected chi connectivity index (χ1v) is 9.81. The van der Waals surface area contributed by atoms with Gasteiger partial charge in [-0.3, -0.25) is 0 Å². The van der Waals surface area contributed by atoms with E-state index in [1.54, 1.807) is 25.1 Å². The maximum Gasteiger partial charge on any atom is 0.351 e. The van der Waals surface area contributed by atoms with E-state index in [0.29, 0.717) is 10.2 Å². The minimum absolute atomic E-state index is 0.125. The van der Waals surface area contributed by atoms with Crippen LogP contribution >= 0.6 is 27.7 Å². The van der Waals surface area contributed by atoms with Crippen molar-refractivity contribution in [1.29, 1.82) is 0 Å². The number of aryl methyl sites for hydroxylation is 1. The highest BCUT2D eigenvalue weighted by atomic mass is 79.9. The Kier molecular flexibility index (Phi) is 6.20. The molecule has 1 N–H and O–H groups in total. The molecule has 0 saturated heterocycles. The van der Waals surface area contributed by atoms with Crippen molar-refractivity contribution in [2.24, 2.45) is 0 Å². The molecule has 7 nitrogen and oxygen atoms in total. The highest BCUT2D eigenvalue weighted by Gasteiger charge is 2.12. The second kappa shape index (κ2) is 8.61. The number of hydrogen-bond donors (Lipinski definition) is 1. The monoisotopic (exact) mass is 467 g/mol. The van der Waals surface area contributed by atoms with E-state index < -0.39 is 24.1 Å². The Morgan fingerprint density at radius 3 is 2.79 bits per heavy atom. The molecule has 10 heteroatoms. The van der Waals surface area contributed by atoms with Crippen LogP contribution < -0.4 is 10.4 Å². The number of carboxylic acids is 1. The van der Waals surface area contributed by atoms with E-state index in [1.165, 1.54) is 34.9 Å². The van der Waals surface area contributed by atoms with Crippen molar-refractivity contribution < 1.29 is 19.0 Å². The standard InChI is InChI=1S/C18H15BrFN3O4S/c1-11-6-13(3-5-16(11)27-8-17(24)25)28-10-23-18(26)22(9-21-23)15-4-2-12(19)7-14(15)20/h2-7,9H,8,10H2,1H3,(H,24,25). The molecule has 1 heterocycles. The molecule has 0 bridgehead atoms. The molecular weight excluding hydrogens is 453 g/mol. The van der Waals surface area contributed by atoms with Crippen molar-refractivity contribution in [3.8, 4) is 11.4 Å². The SMILES string of the molecule is Cc1cc(SCn2ncn(-c3ccc(Br)cc3F)c2=O)ccc1OCC(=O)O. The van der Waals surface area contributed by atoms with Crippen LogP contribution in [-0.2, 0) is 10.7 Å². The van der Waals surface area contributed by atoms with Crippen LogP contribution in [0.5, 0.6) is 5.75 Å². The van der Waals surface area contributed by atoms with Gasteiger partial charge in [-0.25, -0.2) is 23.2 Å². The molecule has 28 heavy (non-hydrogen) atoms. The van der Waals surface area contributed by atoms with Gasteiger partial charge in [0.2, 0.25) is 0 Å². The molecule has 0 spiro atoms. The Bertz CT molecular complexity index is 1080. The Balaban J connectivity index is 1.72. The van der Waals surface area contributed by atoms with Gasteiger partial charge in [0.1, 0.15) is 17.9 Å². The molecule has 1 aromatic heterocycles. The van der Waals surface area contributed by atoms with E-state index >= 15 is 0 Å². The number of thioether (sulfide) groups is 1. The smallest absolute Gasteiger partial charge is 0.351 e. The molecule has 3 rings (SSSR count). The second-order valence-corrected chi connectivity index (χ2v) is 7.70. The average molecular weight is 468 g/mol. The molecule has 0 atom stereocenters. The molecular formula is C18H15BrFN3O4S. The van der Waals surface area contributed by atoms with Crippen LogP contribution in [0.25, 0.3) is 5.69 Å². The number of hydrogen-bond acceptors (Lipinski definition) is 5. The van der Waals surface area contributed by atoms with Crippen molar-refractivity contribution >= 4 is 33.7 Å². The molecule has 0 amide bonds. The summed E-state index contributed by atoms with van der Waals surface area (Å²) in [4.78, 5) is 23.9. The fourth-order valence-corrected chi connectivity index (χ4v) is 3.62. The van der Waals surface area contributed by atoms with Crippen molar-refractivity contribution in [2.45, 2.75) is 17.7 Å². The van der Waals surface area contributed by atoms with Gasteiger partial charge in [-0.05, 0) is 48.9 Å². The van der Waals surface area contributed by atoms with Crippen LogP contribution in [0.15, 0.2) is 56.9 Å². The third-order valence-corrected chi connectivity index (χ3v) is 5.21. The third-order valence-electron chi connectivity index (χ3n) is 3.75. The van der Waals surface area contributed by atoms with Crippen molar-refractivity contribution in [2.75, 3.05) is 6.61 Å². The summed E-state index contributed by atoms with van der Waals surface area (Å²) >= 11 is 4.55. The lowest BCUT2D eigenvalue weighted by Gasteiger charge is -2.09. The van der Waals surface area contributed by atoms with E-state index in [1.807, 2.05) is 6.07 Å². The minimum atomic E-state index is -1.05. The van der Waals surface area contributed by atoms with Crippen molar-refractivity contribution in [3.63, 3.8) is 0 Å².